The highest BCUT2D eigenvalue weighted by atomic mass is 35.5. The summed E-state index contributed by atoms with van der Waals surface area (Å²) < 4.78 is 27.6. The van der Waals surface area contributed by atoms with Gasteiger partial charge in [-0.3, -0.25) is 14.5 Å². The number of hydrogen-bond acceptors (Lipinski definition) is 5. The Hall–Kier alpha value is -1.64. The van der Waals surface area contributed by atoms with Crippen molar-refractivity contribution in [2.75, 3.05) is 18.4 Å². The number of nitrogens with two attached hydrogens (primary N) is 1. The number of rotatable bonds is 6. The Kier molecular flexibility index (Phi) is 7.86. The number of halogens is 1. The van der Waals surface area contributed by atoms with E-state index in [0.717, 1.165) is 32.1 Å². The van der Waals surface area contributed by atoms with Gasteiger partial charge in [0.25, 0.3) is 10.0 Å². The Morgan fingerprint density at radius 1 is 1.18 bits per heavy atom. The first-order valence-corrected chi connectivity index (χ1v) is 11.1. The van der Waals surface area contributed by atoms with Crippen molar-refractivity contribution in [1.82, 2.24) is 4.72 Å². The number of hydrogen-bond donors (Lipinski definition) is 3. The van der Waals surface area contributed by atoms with Gasteiger partial charge >= 0.3 is 0 Å². The molecule has 0 aromatic heterocycles. The molecule has 1 fully saturated rings. The van der Waals surface area contributed by atoms with Crippen molar-refractivity contribution in [3.63, 3.8) is 0 Å². The predicted octanol–water partition coefficient (Wildman–Crippen LogP) is 2.82. The van der Waals surface area contributed by atoms with E-state index < -0.39 is 10.0 Å². The Morgan fingerprint density at radius 2 is 1.93 bits per heavy atom. The van der Waals surface area contributed by atoms with Gasteiger partial charge in [0, 0.05) is 25.1 Å². The number of carbonyl (C=O) groups excluding carboxylic acids is 1. The Balaban J connectivity index is 0.00000280. The van der Waals surface area contributed by atoms with Crippen LogP contribution in [0.4, 0.5) is 5.69 Å². The summed E-state index contributed by atoms with van der Waals surface area (Å²) in [5.41, 5.74) is 6.30. The highest BCUT2D eigenvalue weighted by Crippen LogP contribution is 2.38. The SMILES string of the molecule is Cl.NCC1(CC(=O)Nc2cccc(S(=O)(=O)NC3=NCCC3)c2)CCCCC1. The van der Waals surface area contributed by atoms with Crippen LogP contribution in [0.25, 0.3) is 0 Å². The Bertz CT molecular complexity index is 820. The maximum absolute atomic E-state index is 12.5. The fraction of sp³-hybridized carbons (Fsp3) is 0.579. The number of amidine groups is 1. The number of anilines is 1. The largest absolute Gasteiger partial charge is 0.330 e. The normalized spacial score (nSPS) is 18.7. The van der Waals surface area contributed by atoms with Crippen LogP contribution in [0.15, 0.2) is 34.2 Å². The average molecular weight is 429 g/mol. The highest BCUT2D eigenvalue weighted by Gasteiger charge is 2.33. The quantitative estimate of drug-likeness (QED) is 0.646. The number of sulfonamides is 1. The summed E-state index contributed by atoms with van der Waals surface area (Å²) in [5.74, 6) is 0.372. The first-order valence-electron chi connectivity index (χ1n) is 9.59. The van der Waals surface area contributed by atoms with Gasteiger partial charge in [0.15, 0.2) is 0 Å². The standard InChI is InChI=1S/C19H28N4O3S.ClH/c20-14-19(9-2-1-3-10-19)13-18(24)22-15-6-4-7-16(12-15)27(25,26)23-17-8-5-11-21-17;/h4,6-7,12H,1-3,5,8-11,13-14,20H2,(H,21,23)(H,22,24);1H. The van der Waals surface area contributed by atoms with E-state index in [-0.39, 0.29) is 28.6 Å². The molecule has 1 saturated carbocycles. The molecule has 1 amide bonds. The first-order chi connectivity index (χ1) is 12.9. The van der Waals surface area contributed by atoms with Gasteiger partial charge in [-0.1, -0.05) is 25.3 Å². The second-order valence-corrected chi connectivity index (χ2v) is 9.24. The van der Waals surface area contributed by atoms with Crippen molar-refractivity contribution in [2.24, 2.45) is 16.1 Å². The predicted molar refractivity (Wildman–Crippen MR) is 113 cm³/mol. The second-order valence-electron chi connectivity index (χ2n) is 7.56. The Morgan fingerprint density at radius 3 is 2.57 bits per heavy atom. The third-order valence-corrected chi connectivity index (χ3v) is 6.82. The maximum atomic E-state index is 12.5. The molecule has 1 aliphatic heterocycles. The van der Waals surface area contributed by atoms with E-state index in [4.69, 9.17) is 5.73 Å². The molecule has 156 valence electrons. The molecule has 4 N–H and O–H groups in total. The third kappa shape index (κ3) is 5.68. The van der Waals surface area contributed by atoms with Crippen LogP contribution in [0, 0.1) is 5.41 Å². The minimum atomic E-state index is -3.70. The molecule has 0 saturated heterocycles. The van der Waals surface area contributed by atoms with E-state index in [2.05, 4.69) is 15.0 Å². The van der Waals surface area contributed by atoms with Crippen LogP contribution in [0.5, 0.6) is 0 Å². The smallest absolute Gasteiger partial charge is 0.262 e. The molecule has 0 radical (unpaired) electrons. The van der Waals surface area contributed by atoms with Gasteiger partial charge in [0.05, 0.1) is 4.90 Å². The lowest BCUT2D eigenvalue weighted by atomic mass is 9.71. The summed E-state index contributed by atoms with van der Waals surface area (Å²) in [7, 11) is -3.70. The zero-order valence-corrected chi connectivity index (χ0v) is 17.6. The van der Waals surface area contributed by atoms with Crippen molar-refractivity contribution < 1.29 is 13.2 Å². The molecule has 0 spiro atoms. The minimum Gasteiger partial charge on any atom is -0.330 e. The summed E-state index contributed by atoms with van der Waals surface area (Å²) in [6, 6.07) is 6.31. The van der Waals surface area contributed by atoms with Gasteiger partial charge in [-0.2, -0.15) is 0 Å². The molecule has 1 aromatic carbocycles. The first kappa shape index (κ1) is 22.6. The second kappa shape index (κ2) is 9.71. The fourth-order valence-corrected chi connectivity index (χ4v) is 5.01. The van der Waals surface area contributed by atoms with Crippen LogP contribution >= 0.6 is 12.4 Å². The molecule has 1 aliphatic carbocycles. The molecule has 1 aromatic rings. The topological polar surface area (TPSA) is 114 Å². The number of amides is 1. The molecule has 0 atom stereocenters. The van der Waals surface area contributed by atoms with Gasteiger partial charge in [0.1, 0.15) is 5.84 Å². The van der Waals surface area contributed by atoms with Crippen LogP contribution in [0.1, 0.15) is 51.4 Å². The van der Waals surface area contributed by atoms with E-state index in [1.54, 1.807) is 12.1 Å². The summed E-state index contributed by atoms with van der Waals surface area (Å²) >= 11 is 0. The molecule has 7 nitrogen and oxygen atoms in total. The number of nitrogens with zero attached hydrogens (tertiary/aromatic N) is 1. The summed E-state index contributed by atoms with van der Waals surface area (Å²) in [4.78, 5) is 16.8. The number of benzene rings is 1. The van der Waals surface area contributed by atoms with Gasteiger partial charge in [-0.25, -0.2) is 8.42 Å². The van der Waals surface area contributed by atoms with Crippen molar-refractivity contribution >= 4 is 39.9 Å². The highest BCUT2D eigenvalue weighted by molar-refractivity contribution is 7.90. The van der Waals surface area contributed by atoms with Gasteiger partial charge < -0.3 is 11.1 Å². The molecule has 28 heavy (non-hydrogen) atoms. The van der Waals surface area contributed by atoms with E-state index in [0.29, 0.717) is 37.5 Å². The van der Waals surface area contributed by atoms with E-state index >= 15 is 0 Å². The van der Waals surface area contributed by atoms with Crippen molar-refractivity contribution in [3.05, 3.63) is 24.3 Å². The zero-order chi connectivity index (χ0) is 19.3. The van der Waals surface area contributed by atoms with Gasteiger partial charge in [0.2, 0.25) is 5.91 Å². The van der Waals surface area contributed by atoms with Crippen LogP contribution in [-0.4, -0.2) is 33.3 Å². The van der Waals surface area contributed by atoms with Gasteiger partial charge in [-0.15, -0.1) is 12.4 Å². The van der Waals surface area contributed by atoms with Gasteiger partial charge in [-0.05, 0) is 49.4 Å². The summed E-state index contributed by atoms with van der Waals surface area (Å²) in [6.07, 6.45) is 7.21. The summed E-state index contributed by atoms with van der Waals surface area (Å²) in [6.45, 7) is 1.15. The molecule has 0 bridgehead atoms. The van der Waals surface area contributed by atoms with E-state index in [9.17, 15) is 13.2 Å². The number of carbonyl (C=O) groups is 1. The maximum Gasteiger partial charge on any atom is 0.262 e. The van der Waals surface area contributed by atoms with Crippen LogP contribution in [-0.2, 0) is 14.8 Å². The molecule has 0 unspecified atom stereocenters. The van der Waals surface area contributed by atoms with Crippen LogP contribution in [0.2, 0.25) is 0 Å². The van der Waals surface area contributed by atoms with Crippen molar-refractivity contribution in [1.29, 1.82) is 0 Å². The zero-order valence-electron chi connectivity index (χ0n) is 15.9. The number of nitrogens with one attached hydrogen (secondary N) is 2. The van der Waals surface area contributed by atoms with E-state index in [1.807, 2.05) is 0 Å². The Labute approximate surface area is 173 Å². The van der Waals surface area contributed by atoms with Crippen LogP contribution in [0.3, 0.4) is 0 Å². The third-order valence-electron chi connectivity index (χ3n) is 5.44. The lowest BCUT2D eigenvalue weighted by molar-refractivity contribution is -0.118. The van der Waals surface area contributed by atoms with Crippen molar-refractivity contribution in [2.45, 2.75) is 56.3 Å². The average Bonchev–Trinajstić information content (AvgIpc) is 3.15. The number of aliphatic imine (C=N–C) groups is 1. The molecular weight excluding hydrogens is 400 g/mol. The minimum absolute atomic E-state index is 0. The monoisotopic (exact) mass is 428 g/mol. The molecule has 2 aliphatic rings. The molecule has 3 rings (SSSR count). The van der Waals surface area contributed by atoms with E-state index in [1.165, 1.54) is 18.6 Å². The fourth-order valence-electron chi connectivity index (χ4n) is 3.88. The molecule has 1 heterocycles. The molecular formula is C19H29ClN4O3S. The summed E-state index contributed by atoms with van der Waals surface area (Å²) in [5, 5.41) is 2.84. The van der Waals surface area contributed by atoms with Crippen molar-refractivity contribution in [3.8, 4) is 0 Å². The lowest BCUT2D eigenvalue weighted by Crippen LogP contribution is -2.36. The van der Waals surface area contributed by atoms with Crippen LogP contribution < -0.4 is 15.8 Å². The molecule has 9 heteroatoms. The lowest BCUT2D eigenvalue weighted by Gasteiger charge is -2.35.